The van der Waals surface area contributed by atoms with Crippen LogP contribution in [0.15, 0.2) is 42.6 Å². The molecule has 0 saturated heterocycles. The summed E-state index contributed by atoms with van der Waals surface area (Å²) in [6.07, 6.45) is 9.13. The van der Waals surface area contributed by atoms with Crippen LogP contribution in [0.5, 0.6) is 5.75 Å². The van der Waals surface area contributed by atoms with Crippen molar-refractivity contribution in [3.8, 4) is 17.0 Å². The molecule has 1 fully saturated rings. The minimum atomic E-state index is -1.04. The van der Waals surface area contributed by atoms with E-state index in [1.54, 1.807) is 31.0 Å². The van der Waals surface area contributed by atoms with Crippen molar-refractivity contribution in [3.63, 3.8) is 0 Å². The van der Waals surface area contributed by atoms with Gasteiger partial charge in [-0.3, -0.25) is 4.68 Å². The molecule has 1 aliphatic heterocycles. The zero-order valence-corrected chi connectivity index (χ0v) is 21.4. The quantitative estimate of drug-likeness (QED) is 0.338. The summed E-state index contributed by atoms with van der Waals surface area (Å²) in [5.74, 6) is -0.950. The number of methoxy groups -OCH3 is 1. The minimum Gasteiger partial charge on any atom is -0.497 e. The monoisotopic (exact) mass is 511 g/mol. The molecule has 2 aromatic heterocycles. The number of benzene rings is 2. The van der Waals surface area contributed by atoms with Gasteiger partial charge in [0.2, 0.25) is 0 Å². The SMILES string of the molecule is COc1ccc2c(c1)C=C(c1c(C(=O)O)cnn1C)Cn1c-2c(C2CCCCC2)c2ccc(C(=O)O)cc21. The minimum absolute atomic E-state index is 0.127. The Morgan fingerprint density at radius 3 is 2.50 bits per heavy atom. The molecule has 0 spiro atoms. The van der Waals surface area contributed by atoms with E-state index >= 15 is 0 Å². The first-order valence-electron chi connectivity index (χ1n) is 12.9. The molecule has 0 bridgehead atoms. The average Bonchev–Trinajstić information content (AvgIpc) is 3.41. The van der Waals surface area contributed by atoms with Crippen LogP contribution in [0.2, 0.25) is 0 Å². The maximum atomic E-state index is 12.1. The number of fused-ring (bicyclic) bond motifs is 5. The Balaban J connectivity index is 1.70. The van der Waals surface area contributed by atoms with Crippen LogP contribution in [0.25, 0.3) is 33.8 Å². The molecule has 2 aromatic carbocycles. The maximum Gasteiger partial charge on any atom is 0.339 e. The van der Waals surface area contributed by atoms with E-state index in [4.69, 9.17) is 4.74 Å². The van der Waals surface area contributed by atoms with Crippen LogP contribution in [0.4, 0.5) is 0 Å². The van der Waals surface area contributed by atoms with Crippen molar-refractivity contribution in [1.82, 2.24) is 14.3 Å². The van der Waals surface area contributed by atoms with Gasteiger partial charge in [0.1, 0.15) is 11.3 Å². The molecule has 2 N–H and O–H groups in total. The van der Waals surface area contributed by atoms with Crippen molar-refractivity contribution >= 4 is 34.5 Å². The van der Waals surface area contributed by atoms with Crippen LogP contribution in [-0.2, 0) is 13.6 Å². The van der Waals surface area contributed by atoms with Crippen molar-refractivity contribution in [3.05, 3.63) is 70.5 Å². The molecule has 0 radical (unpaired) electrons. The standard InChI is InChI=1S/C30H29N3O5/c1-32-27(24(15-31-32)30(36)37)20-12-19-13-21(38-2)9-11-22(19)28-26(17-6-4-3-5-7-17)23-10-8-18(29(34)35)14-25(23)33(28)16-20/h8-15,17H,3-7,16H2,1-2H3,(H,34,35)(H,36,37). The lowest BCUT2D eigenvalue weighted by Gasteiger charge is -2.24. The predicted octanol–water partition coefficient (Wildman–Crippen LogP) is 6.05. The van der Waals surface area contributed by atoms with Gasteiger partial charge in [0.15, 0.2) is 0 Å². The van der Waals surface area contributed by atoms with Crippen LogP contribution in [0.1, 0.15) is 75.6 Å². The average molecular weight is 512 g/mol. The summed E-state index contributed by atoms with van der Waals surface area (Å²) >= 11 is 0. The Bertz CT molecular complexity index is 1640. The highest BCUT2D eigenvalue weighted by Gasteiger charge is 2.31. The fraction of sp³-hybridized carbons (Fsp3) is 0.300. The van der Waals surface area contributed by atoms with Gasteiger partial charge in [0.25, 0.3) is 0 Å². The number of aromatic nitrogens is 3. The smallest absolute Gasteiger partial charge is 0.339 e. The van der Waals surface area contributed by atoms with E-state index in [0.717, 1.165) is 46.1 Å². The predicted molar refractivity (Wildman–Crippen MR) is 145 cm³/mol. The summed E-state index contributed by atoms with van der Waals surface area (Å²) in [5, 5.41) is 25.0. The van der Waals surface area contributed by atoms with E-state index in [1.165, 1.54) is 31.0 Å². The number of hydrogen-bond donors (Lipinski definition) is 2. The zero-order chi connectivity index (χ0) is 26.6. The second kappa shape index (κ2) is 9.20. The van der Waals surface area contributed by atoms with E-state index in [1.807, 2.05) is 24.3 Å². The molecule has 8 nitrogen and oxygen atoms in total. The molecular weight excluding hydrogens is 482 g/mol. The lowest BCUT2D eigenvalue weighted by Crippen LogP contribution is -2.09. The summed E-state index contributed by atoms with van der Waals surface area (Å²) in [5.41, 5.74) is 6.76. The van der Waals surface area contributed by atoms with E-state index < -0.39 is 11.9 Å². The zero-order valence-electron chi connectivity index (χ0n) is 21.4. The second-order valence-corrected chi connectivity index (χ2v) is 10.2. The number of carbonyl (C=O) groups is 2. The summed E-state index contributed by atoms with van der Waals surface area (Å²) in [4.78, 5) is 24.1. The Morgan fingerprint density at radius 1 is 1.00 bits per heavy atom. The van der Waals surface area contributed by atoms with Crippen LogP contribution in [0.3, 0.4) is 0 Å². The highest BCUT2D eigenvalue weighted by Crippen LogP contribution is 2.47. The number of carboxylic acids is 2. The van der Waals surface area contributed by atoms with Gasteiger partial charge in [-0.05, 0) is 71.9 Å². The molecule has 194 valence electrons. The molecule has 2 aliphatic rings. The van der Waals surface area contributed by atoms with E-state index in [0.29, 0.717) is 23.9 Å². The van der Waals surface area contributed by atoms with Crippen molar-refractivity contribution in [1.29, 1.82) is 0 Å². The van der Waals surface area contributed by atoms with Gasteiger partial charge in [-0.2, -0.15) is 5.10 Å². The van der Waals surface area contributed by atoms with Crippen LogP contribution >= 0.6 is 0 Å². The highest BCUT2D eigenvalue weighted by molar-refractivity contribution is 6.02. The van der Waals surface area contributed by atoms with Gasteiger partial charge in [-0.15, -0.1) is 0 Å². The molecule has 1 saturated carbocycles. The summed E-state index contributed by atoms with van der Waals surface area (Å²) in [7, 11) is 3.37. The summed E-state index contributed by atoms with van der Waals surface area (Å²) in [6, 6.07) is 11.4. The number of aromatic carboxylic acids is 2. The summed E-state index contributed by atoms with van der Waals surface area (Å²) < 4.78 is 9.32. The number of carboxylic acid groups (broad SMARTS) is 2. The van der Waals surface area contributed by atoms with Crippen molar-refractivity contribution in [2.45, 2.75) is 44.6 Å². The van der Waals surface area contributed by atoms with Crippen molar-refractivity contribution < 1.29 is 24.5 Å². The molecule has 8 heteroatoms. The molecule has 3 heterocycles. The fourth-order valence-electron chi connectivity index (χ4n) is 6.29. The number of ether oxygens (including phenoxy) is 1. The molecule has 0 unspecified atom stereocenters. The van der Waals surface area contributed by atoms with Gasteiger partial charge >= 0.3 is 11.9 Å². The molecule has 0 amide bonds. The van der Waals surface area contributed by atoms with Crippen LogP contribution < -0.4 is 4.74 Å². The molecule has 6 rings (SSSR count). The van der Waals surface area contributed by atoms with Gasteiger partial charge in [0, 0.05) is 23.5 Å². The second-order valence-electron chi connectivity index (χ2n) is 10.2. The van der Waals surface area contributed by atoms with E-state index in [-0.39, 0.29) is 11.1 Å². The first-order chi connectivity index (χ1) is 18.4. The molecule has 0 atom stereocenters. The number of rotatable bonds is 5. The van der Waals surface area contributed by atoms with Gasteiger partial charge in [-0.25, -0.2) is 9.59 Å². The van der Waals surface area contributed by atoms with Gasteiger partial charge in [-0.1, -0.05) is 25.3 Å². The number of allylic oxidation sites excluding steroid dienone is 1. The third kappa shape index (κ3) is 3.79. The maximum absolute atomic E-state index is 12.1. The Morgan fingerprint density at radius 2 is 1.79 bits per heavy atom. The number of hydrogen-bond acceptors (Lipinski definition) is 4. The Hall–Kier alpha value is -4.33. The largest absolute Gasteiger partial charge is 0.497 e. The van der Waals surface area contributed by atoms with Crippen LogP contribution in [-0.4, -0.2) is 43.6 Å². The molecule has 1 aliphatic carbocycles. The first kappa shape index (κ1) is 24.0. The van der Waals surface area contributed by atoms with Crippen molar-refractivity contribution in [2.75, 3.05) is 7.11 Å². The normalized spacial score (nSPS) is 15.5. The lowest BCUT2D eigenvalue weighted by molar-refractivity contribution is 0.0686. The fourth-order valence-corrected chi connectivity index (χ4v) is 6.29. The van der Waals surface area contributed by atoms with Gasteiger partial charge in [0.05, 0.1) is 36.8 Å². The van der Waals surface area contributed by atoms with E-state index in [2.05, 4.69) is 15.7 Å². The third-order valence-electron chi connectivity index (χ3n) is 8.01. The molecule has 4 aromatic rings. The summed E-state index contributed by atoms with van der Waals surface area (Å²) in [6.45, 7) is 0.373. The lowest BCUT2D eigenvalue weighted by atomic mass is 9.81. The topological polar surface area (TPSA) is 107 Å². The van der Waals surface area contributed by atoms with Crippen LogP contribution in [0, 0.1) is 0 Å². The first-order valence-corrected chi connectivity index (χ1v) is 12.9. The molecular formula is C30H29N3O5. The van der Waals surface area contributed by atoms with Gasteiger partial charge < -0.3 is 19.5 Å². The van der Waals surface area contributed by atoms with Crippen molar-refractivity contribution in [2.24, 2.45) is 7.05 Å². The number of nitrogens with zero attached hydrogens (tertiary/aromatic N) is 3. The van der Waals surface area contributed by atoms with E-state index in [9.17, 15) is 19.8 Å². The third-order valence-corrected chi connectivity index (χ3v) is 8.01. The Kier molecular flexibility index (Phi) is 5.82. The molecule has 38 heavy (non-hydrogen) atoms. The Labute approximate surface area is 219 Å². The highest BCUT2D eigenvalue weighted by atomic mass is 16.5. The number of aryl methyl sites for hydroxylation is 1.